The number of aromatic nitrogens is 1. The number of carbonyl (C=O) groups is 1. The molecule has 0 amide bonds. The van der Waals surface area contributed by atoms with Gasteiger partial charge in [-0.3, -0.25) is 4.79 Å². The summed E-state index contributed by atoms with van der Waals surface area (Å²) < 4.78 is 4.71. The minimum atomic E-state index is -0.848. The number of aliphatic hydroxyl groups is 1. The van der Waals surface area contributed by atoms with Crippen LogP contribution in [0.3, 0.4) is 0 Å². The second-order valence-corrected chi connectivity index (χ2v) is 4.51. The fourth-order valence-corrected chi connectivity index (χ4v) is 2.22. The molecule has 0 radical (unpaired) electrons. The van der Waals surface area contributed by atoms with E-state index in [4.69, 9.17) is 4.74 Å². The Morgan fingerprint density at radius 2 is 2.44 bits per heavy atom. The average Bonchev–Trinajstić information content (AvgIpc) is 2.82. The van der Waals surface area contributed by atoms with Gasteiger partial charge >= 0.3 is 5.97 Å². The molecule has 90 valence electrons. The van der Waals surface area contributed by atoms with Crippen molar-refractivity contribution in [2.45, 2.75) is 32.3 Å². The van der Waals surface area contributed by atoms with Crippen molar-refractivity contribution in [3.63, 3.8) is 0 Å². The van der Waals surface area contributed by atoms with Crippen LogP contribution in [0.1, 0.15) is 37.3 Å². The molecule has 0 fully saturated rings. The number of ether oxygens (including phenoxy) is 1. The van der Waals surface area contributed by atoms with E-state index in [9.17, 15) is 9.90 Å². The zero-order valence-corrected chi connectivity index (χ0v) is 10.4. The third-order valence-electron chi connectivity index (χ3n) is 2.46. The van der Waals surface area contributed by atoms with Crippen LogP contribution in [-0.2, 0) is 9.53 Å². The molecule has 1 rings (SSSR count). The lowest BCUT2D eigenvalue weighted by molar-refractivity contribution is -0.150. The maximum Gasteiger partial charge on any atom is 0.311 e. The van der Waals surface area contributed by atoms with E-state index in [1.807, 2.05) is 6.92 Å². The number of hydrogen-bond donors (Lipinski definition) is 1. The van der Waals surface area contributed by atoms with Gasteiger partial charge in [0.2, 0.25) is 0 Å². The van der Waals surface area contributed by atoms with Gasteiger partial charge in [0.25, 0.3) is 0 Å². The number of carbonyl (C=O) groups excluding carboxylic acids is 1. The number of thiazole rings is 1. The lowest BCUT2D eigenvalue weighted by Crippen LogP contribution is -2.23. The molecular formula is C11H17NO3S. The topological polar surface area (TPSA) is 59.4 Å². The Kier molecular flexibility index (Phi) is 5.42. The summed E-state index contributed by atoms with van der Waals surface area (Å²) in [7, 11) is 1.34. The normalized spacial score (nSPS) is 14.4. The van der Waals surface area contributed by atoms with Crippen molar-refractivity contribution in [2.75, 3.05) is 7.11 Å². The molecule has 0 spiro atoms. The molecule has 0 saturated carbocycles. The van der Waals surface area contributed by atoms with Crippen LogP contribution in [0.25, 0.3) is 0 Å². The van der Waals surface area contributed by atoms with Gasteiger partial charge in [0.1, 0.15) is 11.1 Å². The Hall–Kier alpha value is -0.940. The van der Waals surface area contributed by atoms with Gasteiger partial charge in [-0.25, -0.2) is 4.98 Å². The second kappa shape index (κ2) is 6.60. The third kappa shape index (κ3) is 3.28. The minimum Gasteiger partial charge on any atom is -0.469 e. The standard InChI is InChI=1S/C11H17NO3S/c1-3-4-5-8(11(14)15-2)9(13)10-12-6-7-16-10/h6-9,13H,3-5H2,1-2H3. The zero-order chi connectivity index (χ0) is 12.0. The molecule has 1 aromatic heterocycles. The molecule has 1 N–H and O–H groups in total. The average molecular weight is 243 g/mol. The Labute approximate surface area is 99.3 Å². The maximum atomic E-state index is 11.5. The predicted octanol–water partition coefficient (Wildman–Crippen LogP) is 2.16. The van der Waals surface area contributed by atoms with Crippen LogP contribution in [0.4, 0.5) is 0 Å². The first-order valence-electron chi connectivity index (χ1n) is 5.36. The largest absolute Gasteiger partial charge is 0.469 e. The summed E-state index contributed by atoms with van der Waals surface area (Å²) in [5.41, 5.74) is 0. The molecule has 2 unspecified atom stereocenters. The molecular weight excluding hydrogens is 226 g/mol. The van der Waals surface area contributed by atoms with E-state index in [1.165, 1.54) is 18.4 Å². The number of unbranched alkanes of at least 4 members (excludes halogenated alkanes) is 1. The Morgan fingerprint density at radius 3 is 2.94 bits per heavy atom. The molecule has 0 aliphatic rings. The number of aliphatic hydroxyl groups excluding tert-OH is 1. The number of nitrogens with zero attached hydrogens (tertiary/aromatic N) is 1. The number of methoxy groups -OCH3 is 1. The summed E-state index contributed by atoms with van der Waals surface area (Å²) in [4.78, 5) is 15.6. The molecule has 2 atom stereocenters. The molecule has 0 saturated heterocycles. The fourth-order valence-electron chi connectivity index (χ4n) is 1.53. The van der Waals surface area contributed by atoms with Gasteiger partial charge in [0.05, 0.1) is 13.0 Å². The van der Waals surface area contributed by atoms with Gasteiger partial charge in [0.15, 0.2) is 0 Å². The Balaban J connectivity index is 2.71. The van der Waals surface area contributed by atoms with Crippen molar-refractivity contribution < 1.29 is 14.6 Å². The van der Waals surface area contributed by atoms with Gasteiger partial charge in [0, 0.05) is 11.6 Å². The minimum absolute atomic E-state index is 0.365. The highest BCUT2D eigenvalue weighted by atomic mass is 32.1. The molecule has 4 nitrogen and oxygen atoms in total. The van der Waals surface area contributed by atoms with Crippen LogP contribution in [0.15, 0.2) is 11.6 Å². The highest BCUT2D eigenvalue weighted by Gasteiger charge is 2.29. The molecule has 0 aromatic carbocycles. The third-order valence-corrected chi connectivity index (χ3v) is 3.30. The number of hydrogen-bond acceptors (Lipinski definition) is 5. The van der Waals surface area contributed by atoms with Crippen LogP contribution in [-0.4, -0.2) is 23.2 Å². The summed E-state index contributed by atoms with van der Waals surface area (Å²) in [5, 5.41) is 12.4. The summed E-state index contributed by atoms with van der Waals surface area (Å²) >= 11 is 1.35. The van der Waals surface area contributed by atoms with E-state index in [2.05, 4.69) is 4.98 Å². The molecule has 0 aliphatic carbocycles. The van der Waals surface area contributed by atoms with Crippen LogP contribution < -0.4 is 0 Å². The van der Waals surface area contributed by atoms with Crippen LogP contribution >= 0.6 is 11.3 Å². The van der Waals surface area contributed by atoms with Crippen LogP contribution in [0.2, 0.25) is 0 Å². The van der Waals surface area contributed by atoms with Gasteiger partial charge in [-0.1, -0.05) is 19.8 Å². The van der Waals surface area contributed by atoms with Crippen molar-refractivity contribution >= 4 is 17.3 Å². The zero-order valence-electron chi connectivity index (χ0n) is 9.55. The van der Waals surface area contributed by atoms with Crippen molar-refractivity contribution in [3.05, 3.63) is 16.6 Å². The second-order valence-electron chi connectivity index (χ2n) is 3.59. The molecule has 5 heteroatoms. The fraction of sp³-hybridized carbons (Fsp3) is 0.636. The number of rotatable bonds is 6. The lowest BCUT2D eigenvalue weighted by Gasteiger charge is -2.18. The van der Waals surface area contributed by atoms with Crippen LogP contribution in [0, 0.1) is 5.92 Å². The number of esters is 1. The first-order chi connectivity index (χ1) is 7.70. The van der Waals surface area contributed by atoms with Crippen molar-refractivity contribution in [1.82, 2.24) is 4.98 Å². The van der Waals surface area contributed by atoms with Gasteiger partial charge in [-0.2, -0.15) is 0 Å². The van der Waals surface area contributed by atoms with E-state index < -0.39 is 12.0 Å². The Morgan fingerprint density at radius 1 is 1.69 bits per heavy atom. The van der Waals surface area contributed by atoms with Crippen molar-refractivity contribution in [3.8, 4) is 0 Å². The van der Waals surface area contributed by atoms with Crippen molar-refractivity contribution in [1.29, 1.82) is 0 Å². The Bertz CT molecular complexity index is 313. The highest BCUT2D eigenvalue weighted by molar-refractivity contribution is 7.09. The first-order valence-corrected chi connectivity index (χ1v) is 6.24. The van der Waals surface area contributed by atoms with Crippen LogP contribution in [0.5, 0.6) is 0 Å². The molecule has 16 heavy (non-hydrogen) atoms. The summed E-state index contributed by atoms with van der Waals surface area (Å²) in [6.07, 6.45) is 3.28. The smallest absolute Gasteiger partial charge is 0.311 e. The van der Waals surface area contributed by atoms with Gasteiger partial charge in [-0.05, 0) is 6.42 Å². The van der Waals surface area contributed by atoms with E-state index in [1.54, 1.807) is 11.6 Å². The maximum absolute atomic E-state index is 11.5. The van der Waals surface area contributed by atoms with E-state index in [0.29, 0.717) is 11.4 Å². The lowest BCUT2D eigenvalue weighted by atomic mass is 9.96. The van der Waals surface area contributed by atoms with Crippen molar-refractivity contribution in [2.24, 2.45) is 5.92 Å². The van der Waals surface area contributed by atoms with E-state index >= 15 is 0 Å². The van der Waals surface area contributed by atoms with E-state index in [0.717, 1.165) is 12.8 Å². The van der Waals surface area contributed by atoms with Gasteiger partial charge < -0.3 is 9.84 Å². The molecule has 0 bridgehead atoms. The molecule has 0 aliphatic heterocycles. The first kappa shape index (κ1) is 13.1. The summed E-state index contributed by atoms with van der Waals surface area (Å²) in [5.74, 6) is -0.868. The monoisotopic (exact) mass is 243 g/mol. The van der Waals surface area contributed by atoms with Gasteiger partial charge in [-0.15, -0.1) is 11.3 Å². The molecule has 1 heterocycles. The highest BCUT2D eigenvalue weighted by Crippen LogP contribution is 2.28. The summed E-state index contributed by atoms with van der Waals surface area (Å²) in [6.45, 7) is 2.05. The van der Waals surface area contributed by atoms with E-state index in [-0.39, 0.29) is 5.97 Å². The molecule has 1 aromatic rings. The predicted molar refractivity (Wildman–Crippen MR) is 62.1 cm³/mol. The SMILES string of the molecule is CCCCC(C(=O)OC)C(O)c1nccs1. The summed E-state index contributed by atoms with van der Waals surface area (Å²) in [6, 6.07) is 0. The quantitative estimate of drug-likeness (QED) is 0.778.